The van der Waals surface area contributed by atoms with Gasteiger partial charge in [0.15, 0.2) is 17.9 Å². The summed E-state index contributed by atoms with van der Waals surface area (Å²) in [5, 5.41) is 17.8. The van der Waals surface area contributed by atoms with Crippen molar-refractivity contribution in [1.82, 2.24) is 30.2 Å². The molecule has 0 fully saturated rings. The van der Waals surface area contributed by atoms with Crippen LogP contribution in [0.25, 0.3) is 43.9 Å². The summed E-state index contributed by atoms with van der Waals surface area (Å²) in [5.74, 6) is 0.583. The van der Waals surface area contributed by atoms with Gasteiger partial charge in [0.25, 0.3) is 0 Å². The first-order chi connectivity index (χ1) is 33.0. The monoisotopic (exact) mass is 1040 g/mol. The van der Waals surface area contributed by atoms with Gasteiger partial charge in [-0.15, -0.1) is 22.7 Å². The Bertz CT molecular complexity index is 3180. The average molecular weight is 1040 g/mol. The number of thiazole rings is 2. The minimum absolute atomic E-state index is 0.00430. The molecule has 18 nitrogen and oxygen atoms in total. The van der Waals surface area contributed by atoms with Crippen LogP contribution in [0.15, 0.2) is 104 Å². The number of H-pyrrole nitrogens is 2. The Hall–Kier alpha value is -7.45. The van der Waals surface area contributed by atoms with E-state index in [2.05, 4.69) is 39.3 Å². The summed E-state index contributed by atoms with van der Waals surface area (Å²) in [7, 11) is 2.88. The van der Waals surface area contributed by atoms with E-state index in [1.807, 2.05) is 0 Å². The Morgan fingerprint density at radius 3 is 1.46 bits per heavy atom. The number of rotatable bonds is 14. The van der Waals surface area contributed by atoms with Crippen LogP contribution in [0.4, 0.5) is 26.3 Å². The van der Waals surface area contributed by atoms with Gasteiger partial charge in [0, 0.05) is 23.3 Å². The first-order valence-corrected chi connectivity index (χ1v) is 21.6. The number of hydrogen-bond donors (Lipinski definition) is 3. The van der Waals surface area contributed by atoms with Crippen molar-refractivity contribution in [3.05, 3.63) is 138 Å². The SMILES string of the molecule is COc1cc(OCc2sc(-c3ccc(C(F)(F)F)cc3)nc2C=O)ccc1-c1noc(=O)[nH]1.COc1cc(OCc2sc(-c3ccc(C(F)(F)F)cc3)nc2CO)ccc1-c1noc(=O)[nH]1.[O]=[Mn]=[O]. The van der Waals surface area contributed by atoms with E-state index in [1.54, 1.807) is 36.4 Å². The topological polar surface area (TPSA) is 252 Å². The Morgan fingerprint density at radius 2 is 1.09 bits per heavy atom. The average Bonchev–Trinajstić information content (AvgIpc) is 4.17. The standard InChI is InChI=1S/C21H16F3N3O5S.C21H14F3N3O5S.Mn.2O/c2*1-30-16-8-13(6-7-14(16)18-26-20(29)32-27-18)31-10-17-15(9-28)25-19(33-17)11-2-4-12(5-3-11)21(22,23)24;;;/h2-8,28H,9-10H2,1H3,(H,26,27,29);2-9H,10H2,1H3,(H,26,27,29);;;. The van der Waals surface area contributed by atoms with Crippen LogP contribution in [0, 0.1) is 0 Å². The molecule has 4 heterocycles. The molecule has 0 amide bonds. The zero-order chi connectivity index (χ0) is 49.9. The number of halogens is 6. The summed E-state index contributed by atoms with van der Waals surface area (Å²) in [5.41, 5.74) is 0.921. The van der Waals surface area contributed by atoms with E-state index in [0.29, 0.717) is 77.0 Å². The van der Waals surface area contributed by atoms with Gasteiger partial charge >= 0.3 is 46.4 Å². The Kier molecular flexibility index (Phi) is 16.7. The van der Waals surface area contributed by atoms with Crippen molar-refractivity contribution in [2.24, 2.45) is 0 Å². The molecule has 0 aliphatic heterocycles. The van der Waals surface area contributed by atoms with Crippen LogP contribution in [-0.4, -0.2) is 55.9 Å². The van der Waals surface area contributed by atoms with E-state index in [-0.39, 0.29) is 37.2 Å². The van der Waals surface area contributed by atoms with Crippen molar-refractivity contribution >= 4 is 29.0 Å². The van der Waals surface area contributed by atoms with Gasteiger partial charge in [0.05, 0.1) is 58.5 Å². The molecule has 4 aromatic heterocycles. The number of methoxy groups -OCH3 is 2. The number of nitrogens with one attached hydrogen (secondary N) is 2. The molecule has 0 aliphatic rings. The third kappa shape index (κ3) is 13.0. The van der Waals surface area contributed by atoms with Gasteiger partial charge < -0.3 is 24.1 Å². The second-order valence-corrected chi connectivity index (χ2v) is 15.8. The molecule has 0 bridgehead atoms. The molecule has 27 heteroatoms. The third-order valence-electron chi connectivity index (χ3n) is 9.16. The van der Waals surface area contributed by atoms with Gasteiger partial charge in [0.2, 0.25) is 0 Å². The number of alkyl halides is 6. The fourth-order valence-corrected chi connectivity index (χ4v) is 7.87. The molecule has 8 aromatic rings. The van der Waals surface area contributed by atoms with Crippen LogP contribution < -0.4 is 30.5 Å². The zero-order valence-electron chi connectivity index (χ0n) is 35.0. The second kappa shape index (κ2) is 22.6. The number of aldehydes is 1. The van der Waals surface area contributed by atoms with Crippen LogP contribution in [0.3, 0.4) is 0 Å². The number of benzene rings is 4. The second-order valence-electron chi connectivity index (χ2n) is 13.4. The predicted molar refractivity (Wildman–Crippen MR) is 225 cm³/mol. The maximum atomic E-state index is 12.8. The van der Waals surface area contributed by atoms with E-state index in [9.17, 15) is 45.8 Å². The third-order valence-corrected chi connectivity index (χ3v) is 11.4. The summed E-state index contributed by atoms with van der Waals surface area (Å²) in [4.78, 5) is 48.3. The van der Waals surface area contributed by atoms with Crippen molar-refractivity contribution in [2.75, 3.05) is 14.2 Å². The van der Waals surface area contributed by atoms with Gasteiger partial charge in [-0.05, 0) is 48.5 Å². The molecule has 69 heavy (non-hydrogen) atoms. The van der Waals surface area contributed by atoms with E-state index in [1.165, 1.54) is 49.8 Å². The Balaban J connectivity index is 0.000000215. The molecule has 8 rings (SSSR count). The van der Waals surface area contributed by atoms with Gasteiger partial charge in [-0.1, -0.05) is 34.6 Å². The number of aromatic amines is 2. The number of aromatic nitrogens is 6. The van der Waals surface area contributed by atoms with Gasteiger partial charge in [-0.25, -0.2) is 19.6 Å². The molecule has 0 unspecified atom stereocenters. The number of carbonyl (C=O) groups is 1. The Labute approximate surface area is 396 Å². The fraction of sp³-hybridized carbons (Fsp3) is 0.167. The Morgan fingerprint density at radius 1 is 0.667 bits per heavy atom. The molecule has 0 atom stereocenters. The first kappa shape index (κ1) is 51.0. The summed E-state index contributed by atoms with van der Waals surface area (Å²) in [6.07, 6.45) is -8.29. The molecule has 0 saturated heterocycles. The van der Waals surface area contributed by atoms with Gasteiger partial charge in [0.1, 0.15) is 51.9 Å². The van der Waals surface area contributed by atoms with E-state index < -0.39 is 49.8 Å². The molecule has 0 radical (unpaired) electrons. The fourth-order valence-electron chi connectivity index (χ4n) is 5.93. The van der Waals surface area contributed by atoms with E-state index in [4.69, 9.17) is 26.6 Å². The summed E-state index contributed by atoms with van der Waals surface area (Å²) in [6.45, 7) is -0.287. The van der Waals surface area contributed by atoms with Crippen molar-refractivity contribution < 1.29 is 86.7 Å². The molecule has 0 spiro atoms. The maximum absolute atomic E-state index is 12.8. The molecule has 4 aromatic carbocycles. The number of carbonyl (C=O) groups excluding carboxylic acids is 1. The quantitative estimate of drug-likeness (QED) is 0.0524. The number of hydrogen-bond acceptors (Lipinski definition) is 18. The molecule has 361 valence electrons. The summed E-state index contributed by atoms with van der Waals surface area (Å²) >= 11 is 0.915. The summed E-state index contributed by atoms with van der Waals surface area (Å²) < 4.78 is 125. The van der Waals surface area contributed by atoms with Crippen LogP contribution >= 0.6 is 22.7 Å². The number of nitrogens with zero attached hydrogens (tertiary/aromatic N) is 4. The predicted octanol–water partition coefficient (Wildman–Crippen LogP) is 8.58. The van der Waals surface area contributed by atoms with Gasteiger partial charge in [-0.2, -0.15) is 26.3 Å². The van der Waals surface area contributed by atoms with Crippen LogP contribution in [0.1, 0.15) is 37.1 Å². The molecule has 0 aliphatic carbocycles. The number of ether oxygens (including phenoxy) is 4. The minimum atomic E-state index is -4.44. The molecule has 0 saturated carbocycles. The van der Waals surface area contributed by atoms with E-state index in [0.717, 1.165) is 35.6 Å². The van der Waals surface area contributed by atoms with Crippen molar-refractivity contribution in [3.63, 3.8) is 0 Å². The first-order valence-electron chi connectivity index (χ1n) is 19.0. The number of aliphatic hydroxyl groups is 1. The molecule has 3 N–H and O–H groups in total. The van der Waals surface area contributed by atoms with Crippen molar-refractivity contribution in [1.29, 1.82) is 0 Å². The van der Waals surface area contributed by atoms with Crippen LogP contribution in [-0.2, 0) is 54.7 Å². The van der Waals surface area contributed by atoms with Crippen molar-refractivity contribution in [3.8, 4) is 66.9 Å². The van der Waals surface area contributed by atoms with Crippen molar-refractivity contribution in [2.45, 2.75) is 32.2 Å². The molecular weight excluding hydrogens is 1010 g/mol. The number of aliphatic hydroxyl groups excluding tert-OH is 1. The zero-order valence-corrected chi connectivity index (χ0v) is 37.8. The van der Waals surface area contributed by atoms with Gasteiger partial charge in [-0.3, -0.25) is 23.8 Å². The summed E-state index contributed by atoms with van der Waals surface area (Å²) in [6, 6.07) is 18.9. The van der Waals surface area contributed by atoms with Crippen LogP contribution in [0.2, 0.25) is 0 Å². The van der Waals surface area contributed by atoms with E-state index >= 15 is 0 Å². The molecular formula is C42H30F6MnN6O12S2. The van der Waals surface area contributed by atoms with Crippen LogP contribution in [0.5, 0.6) is 23.0 Å². The normalized spacial score (nSPS) is 11.1.